The molecule has 3 heterocycles. The Morgan fingerprint density at radius 3 is 2.81 bits per heavy atom. The summed E-state index contributed by atoms with van der Waals surface area (Å²) in [5.74, 6) is -0.566. The molecule has 0 bridgehead atoms. The summed E-state index contributed by atoms with van der Waals surface area (Å²) in [6.45, 7) is 5.75. The lowest BCUT2D eigenvalue weighted by molar-refractivity contribution is -0.121. The number of hydrogen-bond donors (Lipinski definition) is 2. The molecule has 0 aliphatic heterocycles. The van der Waals surface area contributed by atoms with E-state index < -0.39 is 5.91 Å². The molecule has 1 atom stereocenters. The molecule has 8 heteroatoms. The van der Waals surface area contributed by atoms with Crippen LogP contribution >= 0.6 is 11.3 Å². The van der Waals surface area contributed by atoms with Crippen LogP contribution in [0.15, 0.2) is 23.7 Å². The fraction of sp³-hybridized carbons (Fsp3) is 0.333. The summed E-state index contributed by atoms with van der Waals surface area (Å²) >= 11 is 1.62. The van der Waals surface area contributed by atoms with Crippen molar-refractivity contribution >= 4 is 28.8 Å². The van der Waals surface area contributed by atoms with Gasteiger partial charge in [0.15, 0.2) is 5.65 Å². The number of hydrogen-bond acceptors (Lipinski definition) is 5. The maximum Gasteiger partial charge on any atom is 0.254 e. The largest absolute Gasteiger partial charge is 0.365 e. The van der Waals surface area contributed by atoms with Gasteiger partial charge in [-0.25, -0.2) is 9.50 Å². The van der Waals surface area contributed by atoms with Crippen LogP contribution < -0.4 is 11.1 Å². The number of aromatic nitrogens is 3. The number of fused-ring (bicyclic) bond motifs is 1. The first kappa shape index (κ1) is 18.1. The highest BCUT2D eigenvalue weighted by molar-refractivity contribution is 7.10. The molecule has 7 nitrogen and oxygen atoms in total. The van der Waals surface area contributed by atoms with Crippen LogP contribution in [0.5, 0.6) is 0 Å². The lowest BCUT2D eigenvalue weighted by Gasteiger charge is -2.14. The minimum absolute atomic E-state index is 0.00506. The van der Waals surface area contributed by atoms with Gasteiger partial charge in [0.1, 0.15) is 5.56 Å². The summed E-state index contributed by atoms with van der Waals surface area (Å²) in [5.41, 5.74) is 8.70. The minimum Gasteiger partial charge on any atom is -0.365 e. The van der Waals surface area contributed by atoms with E-state index in [0.29, 0.717) is 24.1 Å². The van der Waals surface area contributed by atoms with E-state index in [0.717, 1.165) is 21.8 Å². The predicted octanol–water partition coefficient (Wildman–Crippen LogP) is 2.32. The second-order valence-electron chi connectivity index (χ2n) is 6.22. The molecule has 3 N–H and O–H groups in total. The molecule has 0 spiro atoms. The number of primary amides is 1. The Morgan fingerprint density at radius 1 is 1.38 bits per heavy atom. The van der Waals surface area contributed by atoms with Gasteiger partial charge in [-0.15, -0.1) is 11.3 Å². The standard InChI is InChI=1S/C18H21N5O2S/c1-10-13(6-7-16(24)21-11(2)15-5-4-8-26-15)12(3)23-18(22-10)14(9-20-23)17(19)25/h4-5,8-9,11H,6-7H2,1-3H3,(H2,19,25)(H,21,24). The van der Waals surface area contributed by atoms with Crippen LogP contribution in [0.1, 0.15) is 51.6 Å². The summed E-state index contributed by atoms with van der Waals surface area (Å²) in [6, 6.07) is 3.98. The smallest absolute Gasteiger partial charge is 0.254 e. The molecule has 0 fully saturated rings. The Hall–Kier alpha value is -2.74. The first-order chi connectivity index (χ1) is 12.4. The van der Waals surface area contributed by atoms with Gasteiger partial charge in [0, 0.05) is 22.7 Å². The van der Waals surface area contributed by atoms with E-state index in [4.69, 9.17) is 5.73 Å². The number of aryl methyl sites for hydroxylation is 2. The van der Waals surface area contributed by atoms with E-state index >= 15 is 0 Å². The van der Waals surface area contributed by atoms with Crippen LogP contribution in [0.25, 0.3) is 5.65 Å². The number of nitrogens with one attached hydrogen (secondary N) is 1. The van der Waals surface area contributed by atoms with Crippen molar-refractivity contribution in [3.8, 4) is 0 Å². The van der Waals surface area contributed by atoms with Crippen molar-refractivity contribution in [1.29, 1.82) is 0 Å². The lowest BCUT2D eigenvalue weighted by atomic mass is 10.1. The number of thiophene rings is 1. The van der Waals surface area contributed by atoms with Crippen LogP contribution in [-0.2, 0) is 11.2 Å². The van der Waals surface area contributed by atoms with E-state index in [2.05, 4.69) is 15.4 Å². The second-order valence-corrected chi connectivity index (χ2v) is 7.20. The molecule has 2 amide bonds. The van der Waals surface area contributed by atoms with Crippen LogP contribution in [0.4, 0.5) is 0 Å². The van der Waals surface area contributed by atoms with Crippen molar-refractivity contribution in [2.75, 3.05) is 0 Å². The summed E-state index contributed by atoms with van der Waals surface area (Å²) < 4.78 is 1.61. The highest BCUT2D eigenvalue weighted by atomic mass is 32.1. The van der Waals surface area contributed by atoms with Crippen molar-refractivity contribution in [1.82, 2.24) is 19.9 Å². The summed E-state index contributed by atoms with van der Waals surface area (Å²) in [4.78, 5) is 29.4. The van der Waals surface area contributed by atoms with Gasteiger partial charge < -0.3 is 11.1 Å². The van der Waals surface area contributed by atoms with E-state index in [1.165, 1.54) is 6.20 Å². The molecule has 136 valence electrons. The molecular weight excluding hydrogens is 350 g/mol. The molecule has 3 rings (SSSR count). The van der Waals surface area contributed by atoms with E-state index in [-0.39, 0.29) is 11.9 Å². The van der Waals surface area contributed by atoms with E-state index in [1.54, 1.807) is 15.9 Å². The second kappa shape index (κ2) is 7.25. The van der Waals surface area contributed by atoms with Crippen molar-refractivity contribution in [2.45, 2.75) is 39.7 Å². The van der Waals surface area contributed by atoms with Crippen LogP contribution in [0, 0.1) is 13.8 Å². The van der Waals surface area contributed by atoms with Crippen molar-refractivity contribution in [3.05, 3.63) is 51.1 Å². The SMILES string of the molecule is Cc1nc2c(C(N)=O)cnn2c(C)c1CCC(=O)NC(C)c1cccs1. The number of nitrogens with two attached hydrogens (primary N) is 1. The first-order valence-corrected chi connectivity index (χ1v) is 9.22. The molecular formula is C18H21N5O2S. The molecule has 0 saturated carbocycles. The normalized spacial score (nSPS) is 12.3. The Bertz CT molecular complexity index is 962. The van der Waals surface area contributed by atoms with E-state index in [1.807, 2.05) is 38.3 Å². The van der Waals surface area contributed by atoms with Crippen molar-refractivity contribution < 1.29 is 9.59 Å². The maximum atomic E-state index is 12.3. The molecule has 0 radical (unpaired) electrons. The number of carbonyl (C=O) groups is 2. The van der Waals surface area contributed by atoms with Gasteiger partial charge in [-0.05, 0) is 44.2 Å². The molecule has 0 saturated heterocycles. The highest BCUT2D eigenvalue weighted by Crippen LogP contribution is 2.20. The fourth-order valence-electron chi connectivity index (χ4n) is 3.01. The molecule has 0 aliphatic carbocycles. The van der Waals surface area contributed by atoms with Crippen LogP contribution in [0.3, 0.4) is 0 Å². The number of amides is 2. The number of nitrogens with zero attached hydrogens (tertiary/aromatic N) is 3. The zero-order valence-corrected chi connectivity index (χ0v) is 15.8. The summed E-state index contributed by atoms with van der Waals surface area (Å²) in [7, 11) is 0. The topological polar surface area (TPSA) is 102 Å². The minimum atomic E-state index is -0.555. The summed E-state index contributed by atoms with van der Waals surface area (Å²) in [5, 5.41) is 9.22. The zero-order valence-electron chi connectivity index (χ0n) is 14.9. The Balaban J connectivity index is 1.74. The molecule has 3 aromatic heterocycles. The first-order valence-electron chi connectivity index (χ1n) is 8.35. The zero-order chi connectivity index (χ0) is 18.8. The Labute approximate surface area is 155 Å². The average molecular weight is 371 g/mol. The van der Waals surface area contributed by atoms with Crippen LogP contribution in [-0.4, -0.2) is 26.4 Å². The quantitative estimate of drug-likeness (QED) is 0.694. The number of rotatable bonds is 6. The van der Waals surface area contributed by atoms with Gasteiger partial charge in [-0.1, -0.05) is 6.07 Å². The van der Waals surface area contributed by atoms with Crippen molar-refractivity contribution in [2.24, 2.45) is 5.73 Å². The molecule has 0 aliphatic rings. The summed E-state index contributed by atoms with van der Waals surface area (Å²) in [6.07, 6.45) is 2.33. The maximum absolute atomic E-state index is 12.3. The third-order valence-electron chi connectivity index (χ3n) is 4.42. The van der Waals surface area contributed by atoms with Crippen molar-refractivity contribution in [3.63, 3.8) is 0 Å². The monoisotopic (exact) mass is 371 g/mol. The van der Waals surface area contributed by atoms with Gasteiger partial charge in [0.25, 0.3) is 5.91 Å². The van der Waals surface area contributed by atoms with Gasteiger partial charge in [-0.2, -0.15) is 5.10 Å². The third-order valence-corrected chi connectivity index (χ3v) is 5.48. The predicted molar refractivity (Wildman–Crippen MR) is 100 cm³/mol. The fourth-order valence-corrected chi connectivity index (χ4v) is 3.74. The van der Waals surface area contributed by atoms with Gasteiger partial charge >= 0.3 is 0 Å². The number of carbonyl (C=O) groups excluding carboxylic acids is 2. The average Bonchev–Trinajstić information content (AvgIpc) is 3.24. The Morgan fingerprint density at radius 2 is 2.15 bits per heavy atom. The molecule has 3 aromatic rings. The molecule has 0 aromatic carbocycles. The third kappa shape index (κ3) is 3.45. The van der Waals surface area contributed by atoms with Gasteiger partial charge in [-0.3, -0.25) is 9.59 Å². The van der Waals surface area contributed by atoms with Crippen LogP contribution in [0.2, 0.25) is 0 Å². The molecule has 26 heavy (non-hydrogen) atoms. The lowest BCUT2D eigenvalue weighted by Crippen LogP contribution is -2.26. The highest BCUT2D eigenvalue weighted by Gasteiger charge is 2.17. The van der Waals surface area contributed by atoms with Gasteiger partial charge in [0.05, 0.1) is 12.2 Å². The van der Waals surface area contributed by atoms with E-state index in [9.17, 15) is 9.59 Å². The van der Waals surface area contributed by atoms with Gasteiger partial charge in [0.2, 0.25) is 5.91 Å². The molecule has 1 unspecified atom stereocenters. The Kier molecular flexibility index (Phi) is 5.03.